The van der Waals surface area contributed by atoms with E-state index in [1.54, 1.807) is 24.3 Å². The molecule has 0 radical (unpaired) electrons. The maximum Gasteiger partial charge on any atom is 0.269 e. The first-order chi connectivity index (χ1) is 10.0. The smallest absolute Gasteiger partial charge is 0.269 e. The second-order valence-electron chi connectivity index (χ2n) is 4.80. The van der Waals surface area contributed by atoms with Crippen LogP contribution in [-0.4, -0.2) is 14.7 Å². The van der Waals surface area contributed by atoms with E-state index < -0.39 is 4.92 Å². The molecule has 3 aromatic rings. The Kier molecular flexibility index (Phi) is 2.98. The van der Waals surface area contributed by atoms with Gasteiger partial charge in [0.15, 0.2) is 0 Å². The van der Waals surface area contributed by atoms with Crippen LogP contribution in [0.25, 0.3) is 10.9 Å². The maximum absolute atomic E-state index is 10.6. The van der Waals surface area contributed by atoms with E-state index in [1.165, 1.54) is 12.1 Å². The van der Waals surface area contributed by atoms with Crippen LogP contribution in [-0.2, 0) is 0 Å². The lowest BCUT2D eigenvalue weighted by atomic mass is 10.2. The molecule has 0 unspecified atom stereocenters. The number of nitrogens with zero attached hydrogens (tertiary/aromatic N) is 2. The Morgan fingerprint density at radius 1 is 1.19 bits per heavy atom. The van der Waals surface area contributed by atoms with Crippen LogP contribution < -0.4 is 5.43 Å². The highest BCUT2D eigenvalue weighted by Gasteiger charge is 2.08. The molecule has 21 heavy (non-hydrogen) atoms. The maximum atomic E-state index is 10.6. The highest BCUT2D eigenvalue weighted by molar-refractivity contribution is 5.85. The Labute approximate surface area is 120 Å². The average Bonchev–Trinajstić information content (AvgIpc) is 2.75. The van der Waals surface area contributed by atoms with Crippen molar-refractivity contribution in [3.05, 3.63) is 64.3 Å². The van der Waals surface area contributed by atoms with Gasteiger partial charge in [-0.05, 0) is 42.8 Å². The predicted molar refractivity (Wildman–Crippen MR) is 80.5 cm³/mol. The van der Waals surface area contributed by atoms with Crippen LogP contribution in [0.15, 0.2) is 48.7 Å². The third-order valence-corrected chi connectivity index (χ3v) is 3.31. The normalized spacial score (nSPS) is 10.7. The number of phenolic OH excluding ortho intramolecular Hbond substituents is 1. The number of aromatic hydroxyl groups is 1. The molecule has 0 saturated heterocycles. The zero-order valence-corrected chi connectivity index (χ0v) is 11.3. The molecule has 106 valence electrons. The molecule has 0 fully saturated rings. The zero-order valence-electron chi connectivity index (χ0n) is 11.3. The molecule has 0 bridgehead atoms. The van der Waals surface area contributed by atoms with Crippen LogP contribution in [0.4, 0.5) is 11.4 Å². The van der Waals surface area contributed by atoms with Crippen LogP contribution >= 0.6 is 0 Å². The Balaban J connectivity index is 1.96. The summed E-state index contributed by atoms with van der Waals surface area (Å²) in [6.45, 7) is 1.95. The van der Waals surface area contributed by atoms with Gasteiger partial charge < -0.3 is 5.11 Å². The molecule has 0 atom stereocenters. The minimum absolute atomic E-state index is 0.0546. The Bertz CT molecular complexity index is 822. The van der Waals surface area contributed by atoms with Gasteiger partial charge in [-0.1, -0.05) is 0 Å². The Morgan fingerprint density at radius 2 is 1.90 bits per heavy atom. The largest absolute Gasteiger partial charge is 0.508 e. The number of phenols is 1. The Morgan fingerprint density at radius 3 is 2.57 bits per heavy atom. The van der Waals surface area contributed by atoms with Gasteiger partial charge in [0.2, 0.25) is 0 Å². The molecule has 0 aliphatic carbocycles. The second-order valence-corrected chi connectivity index (χ2v) is 4.80. The summed E-state index contributed by atoms with van der Waals surface area (Å²) in [5, 5.41) is 21.1. The van der Waals surface area contributed by atoms with Crippen molar-refractivity contribution in [3.8, 4) is 5.75 Å². The number of hydrogen-bond acceptors (Lipinski definition) is 4. The first kappa shape index (κ1) is 13.0. The van der Waals surface area contributed by atoms with E-state index in [1.807, 2.05) is 23.9 Å². The fourth-order valence-corrected chi connectivity index (χ4v) is 2.27. The van der Waals surface area contributed by atoms with E-state index in [0.717, 1.165) is 22.2 Å². The van der Waals surface area contributed by atoms with Crippen molar-refractivity contribution >= 4 is 22.3 Å². The number of anilines is 1. The third kappa shape index (κ3) is 2.38. The lowest BCUT2D eigenvalue weighted by molar-refractivity contribution is -0.384. The van der Waals surface area contributed by atoms with Crippen LogP contribution in [0.3, 0.4) is 0 Å². The summed E-state index contributed by atoms with van der Waals surface area (Å²) >= 11 is 0. The molecule has 6 heteroatoms. The van der Waals surface area contributed by atoms with Crippen LogP contribution in [0.5, 0.6) is 5.75 Å². The summed E-state index contributed by atoms with van der Waals surface area (Å²) in [5.41, 5.74) is 5.91. The van der Waals surface area contributed by atoms with Crippen molar-refractivity contribution < 1.29 is 10.0 Å². The summed E-state index contributed by atoms with van der Waals surface area (Å²) < 4.78 is 1.82. The van der Waals surface area contributed by atoms with Crippen LogP contribution in [0, 0.1) is 17.0 Å². The SMILES string of the molecule is Cc1cn(Nc2ccc([N+](=O)[O-])cc2)c2ccc(O)cc12. The fourth-order valence-electron chi connectivity index (χ4n) is 2.27. The van der Waals surface area contributed by atoms with Crippen LogP contribution in [0.1, 0.15) is 5.56 Å². The van der Waals surface area contributed by atoms with E-state index in [-0.39, 0.29) is 11.4 Å². The average molecular weight is 283 g/mol. The molecule has 0 aliphatic heterocycles. The highest BCUT2D eigenvalue weighted by Crippen LogP contribution is 2.25. The topological polar surface area (TPSA) is 80.3 Å². The lowest BCUT2D eigenvalue weighted by Gasteiger charge is -2.09. The number of nitrogens with one attached hydrogen (secondary N) is 1. The van der Waals surface area contributed by atoms with Crippen molar-refractivity contribution in [1.82, 2.24) is 4.68 Å². The summed E-state index contributed by atoms with van der Waals surface area (Å²) in [5.74, 6) is 0.221. The molecule has 2 aromatic carbocycles. The quantitative estimate of drug-likeness (QED) is 0.570. The number of benzene rings is 2. The molecular weight excluding hydrogens is 270 g/mol. The van der Waals surface area contributed by atoms with E-state index in [0.29, 0.717) is 0 Å². The van der Waals surface area contributed by atoms with E-state index >= 15 is 0 Å². The van der Waals surface area contributed by atoms with Gasteiger partial charge in [-0.25, -0.2) is 0 Å². The minimum Gasteiger partial charge on any atom is -0.508 e. The van der Waals surface area contributed by atoms with Crippen molar-refractivity contribution in [2.45, 2.75) is 6.92 Å². The van der Waals surface area contributed by atoms with Gasteiger partial charge in [-0.3, -0.25) is 20.2 Å². The van der Waals surface area contributed by atoms with E-state index in [2.05, 4.69) is 5.43 Å². The molecule has 1 aromatic heterocycles. The summed E-state index contributed by atoms with van der Waals surface area (Å²) in [6, 6.07) is 11.4. The van der Waals surface area contributed by atoms with Gasteiger partial charge in [-0.2, -0.15) is 0 Å². The van der Waals surface area contributed by atoms with Gasteiger partial charge in [0.25, 0.3) is 5.69 Å². The molecule has 0 aliphatic rings. The first-order valence-corrected chi connectivity index (χ1v) is 6.37. The molecule has 3 rings (SSSR count). The van der Waals surface area contributed by atoms with Crippen molar-refractivity contribution in [1.29, 1.82) is 0 Å². The number of rotatable bonds is 3. The number of aryl methyl sites for hydroxylation is 1. The molecule has 1 heterocycles. The highest BCUT2D eigenvalue weighted by atomic mass is 16.6. The summed E-state index contributed by atoms with van der Waals surface area (Å²) in [4.78, 5) is 10.2. The molecule has 0 saturated carbocycles. The Hall–Kier alpha value is -3.02. The van der Waals surface area contributed by atoms with Gasteiger partial charge in [0.1, 0.15) is 5.75 Å². The first-order valence-electron chi connectivity index (χ1n) is 6.37. The third-order valence-electron chi connectivity index (χ3n) is 3.31. The van der Waals surface area contributed by atoms with Gasteiger partial charge in [0.05, 0.1) is 16.1 Å². The lowest BCUT2D eigenvalue weighted by Crippen LogP contribution is -2.06. The monoisotopic (exact) mass is 283 g/mol. The standard InChI is InChI=1S/C15H13N3O3/c1-10-9-17(15-7-6-13(19)8-14(10)15)16-11-2-4-12(5-3-11)18(20)21/h2-9,16,19H,1H3. The summed E-state index contributed by atoms with van der Waals surface area (Å²) in [6.07, 6.45) is 1.91. The van der Waals surface area contributed by atoms with Gasteiger partial charge >= 0.3 is 0 Å². The van der Waals surface area contributed by atoms with Crippen LogP contribution in [0.2, 0.25) is 0 Å². The molecule has 0 spiro atoms. The zero-order chi connectivity index (χ0) is 15.0. The van der Waals surface area contributed by atoms with Crippen molar-refractivity contribution in [2.75, 3.05) is 5.43 Å². The van der Waals surface area contributed by atoms with Crippen molar-refractivity contribution in [2.24, 2.45) is 0 Å². The second kappa shape index (κ2) is 4.82. The summed E-state index contributed by atoms with van der Waals surface area (Å²) in [7, 11) is 0. The molecule has 0 amide bonds. The fraction of sp³-hybridized carbons (Fsp3) is 0.0667. The van der Waals surface area contributed by atoms with E-state index in [4.69, 9.17) is 0 Å². The molecule has 6 nitrogen and oxygen atoms in total. The number of non-ortho nitro benzene ring substituents is 1. The van der Waals surface area contributed by atoms with E-state index in [9.17, 15) is 15.2 Å². The number of aromatic nitrogens is 1. The molecular formula is C15H13N3O3. The number of nitro benzene ring substituents is 1. The van der Waals surface area contributed by atoms with Gasteiger partial charge in [0, 0.05) is 23.7 Å². The number of nitro groups is 1. The minimum atomic E-state index is -0.429. The molecule has 2 N–H and O–H groups in total. The van der Waals surface area contributed by atoms with Gasteiger partial charge in [-0.15, -0.1) is 0 Å². The predicted octanol–water partition coefficient (Wildman–Crippen LogP) is 3.44. The number of fused-ring (bicyclic) bond motifs is 1. The van der Waals surface area contributed by atoms with Crippen molar-refractivity contribution in [3.63, 3.8) is 0 Å². The number of hydrogen-bond donors (Lipinski definition) is 2.